The lowest BCUT2D eigenvalue weighted by atomic mass is 10.1. The first-order chi connectivity index (χ1) is 13.7. The van der Waals surface area contributed by atoms with E-state index in [0.717, 1.165) is 12.0 Å². The number of benzene rings is 1. The average Bonchev–Trinajstić information content (AvgIpc) is 2.72. The van der Waals surface area contributed by atoms with Gasteiger partial charge in [0, 0.05) is 5.56 Å². The summed E-state index contributed by atoms with van der Waals surface area (Å²) in [6.07, 6.45) is 16.4. The van der Waals surface area contributed by atoms with E-state index >= 15 is 0 Å². The van der Waals surface area contributed by atoms with Gasteiger partial charge >= 0.3 is 5.97 Å². The third-order valence-corrected chi connectivity index (χ3v) is 4.78. The van der Waals surface area contributed by atoms with E-state index < -0.39 is 5.97 Å². The van der Waals surface area contributed by atoms with Crippen LogP contribution in [0.15, 0.2) is 36.7 Å². The number of ether oxygens (including phenoxy) is 1. The van der Waals surface area contributed by atoms with Gasteiger partial charge in [0.2, 0.25) is 0 Å². The summed E-state index contributed by atoms with van der Waals surface area (Å²) in [7, 11) is 0. The Hall–Kier alpha value is -2.43. The van der Waals surface area contributed by atoms with E-state index in [9.17, 15) is 4.79 Å². The van der Waals surface area contributed by atoms with E-state index in [1.165, 1.54) is 57.8 Å². The minimum Gasteiger partial charge on any atom is -0.490 e. The Bertz CT molecular complexity index is 684. The molecule has 0 unspecified atom stereocenters. The molecule has 0 radical (unpaired) electrons. The fourth-order valence-corrected chi connectivity index (χ4v) is 3.08. The number of hydrogen-bond acceptors (Lipinski definition) is 4. The number of unbranched alkanes of at least 4 members (excludes halogenated alkanes) is 9. The summed E-state index contributed by atoms with van der Waals surface area (Å²) in [5, 5.41) is 8.94. The van der Waals surface area contributed by atoms with Crippen molar-refractivity contribution in [2.75, 3.05) is 6.61 Å². The van der Waals surface area contributed by atoms with E-state index in [1.54, 1.807) is 36.7 Å². The lowest BCUT2D eigenvalue weighted by Crippen LogP contribution is -1.99. The number of aromatic carboxylic acids is 1. The van der Waals surface area contributed by atoms with Crippen molar-refractivity contribution in [3.63, 3.8) is 0 Å². The molecule has 2 rings (SSSR count). The summed E-state index contributed by atoms with van der Waals surface area (Å²) in [5.41, 5.74) is 1.03. The smallest absolute Gasteiger partial charge is 0.335 e. The highest BCUT2D eigenvalue weighted by atomic mass is 16.5. The molecule has 0 saturated carbocycles. The second kappa shape index (κ2) is 12.9. The van der Waals surface area contributed by atoms with Crippen LogP contribution >= 0.6 is 0 Å². The summed E-state index contributed by atoms with van der Waals surface area (Å²) in [6.45, 7) is 2.94. The summed E-state index contributed by atoms with van der Waals surface area (Å²) in [4.78, 5) is 19.5. The molecular weight excluding hydrogens is 352 g/mol. The summed E-state index contributed by atoms with van der Waals surface area (Å²) < 4.78 is 5.72. The molecule has 0 atom stereocenters. The lowest BCUT2D eigenvalue weighted by molar-refractivity contribution is 0.0697. The minimum atomic E-state index is -0.941. The van der Waals surface area contributed by atoms with Gasteiger partial charge in [-0.15, -0.1) is 0 Å². The Morgan fingerprint density at radius 2 is 1.39 bits per heavy atom. The fourth-order valence-electron chi connectivity index (χ4n) is 3.08. The standard InChI is InChI=1S/C23H32N2O3/c1-2-3-4-5-6-7-8-9-10-11-16-28-21-17-24-22(25-18-21)19-12-14-20(15-13-19)23(26)27/h12-15,17-18H,2-11,16H2,1H3,(H,26,27). The molecule has 0 amide bonds. The third-order valence-electron chi connectivity index (χ3n) is 4.78. The molecule has 0 bridgehead atoms. The molecular formula is C23H32N2O3. The number of carbonyl (C=O) groups is 1. The zero-order valence-corrected chi connectivity index (χ0v) is 16.9. The second-order valence-corrected chi connectivity index (χ2v) is 7.16. The normalized spacial score (nSPS) is 10.8. The summed E-state index contributed by atoms with van der Waals surface area (Å²) >= 11 is 0. The molecule has 5 heteroatoms. The first-order valence-corrected chi connectivity index (χ1v) is 10.5. The van der Waals surface area contributed by atoms with Gasteiger partial charge in [0.25, 0.3) is 0 Å². The number of aromatic nitrogens is 2. The first kappa shape index (κ1) is 21.9. The van der Waals surface area contributed by atoms with E-state index in [4.69, 9.17) is 9.84 Å². The molecule has 1 N–H and O–H groups in total. The fraction of sp³-hybridized carbons (Fsp3) is 0.522. The Labute approximate surface area is 168 Å². The molecule has 1 aromatic carbocycles. The largest absolute Gasteiger partial charge is 0.490 e. The predicted molar refractivity (Wildman–Crippen MR) is 112 cm³/mol. The molecule has 1 heterocycles. The Balaban J connectivity index is 1.59. The van der Waals surface area contributed by atoms with Crippen LogP contribution in [-0.4, -0.2) is 27.7 Å². The molecule has 0 spiro atoms. The monoisotopic (exact) mass is 384 g/mol. The van der Waals surface area contributed by atoms with Crippen molar-refractivity contribution in [2.24, 2.45) is 0 Å². The van der Waals surface area contributed by atoms with Crippen molar-refractivity contribution in [2.45, 2.75) is 71.1 Å². The van der Waals surface area contributed by atoms with Crippen LogP contribution in [0.5, 0.6) is 5.75 Å². The van der Waals surface area contributed by atoms with Crippen LogP contribution in [-0.2, 0) is 0 Å². The van der Waals surface area contributed by atoms with Crippen LogP contribution < -0.4 is 4.74 Å². The van der Waals surface area contributed by atoms with Gasteiger partial charge in [-0.05, 0) is 18.6 Å². The van der Waals surface area contributed by atoms with Crippen molar-refractivity contribution in [1.29, 1.82) is 0 Å². The van der Waals surface area contributed by atoms with Crippen LogP contribution in [0.25, 0.3) is 11.4 Å². The highest BCUT2D eigenvalue weighted by Gasteiger charge is 2.05. The maximum absolute atomic E-state index is 10.9. The topological polar surface area (TPSA) is 72.3 Å². The summed E-state index contributed by atoms with van der Waals surface area (Å²) in [6, 6.07) is 6.53. The molecule has 28 heavy (non-hydrogen) atoms. The van der Waals surface area contributed by atoms with Crippen LogP contribution in [0.3, 0.4) is 0 Å². The molecule has 0 saturated heterocycles. The first-order valence-electron chi connectivity index (χ1n) is 10.5. The molecule has 5 nitrogen and oxygen atoms in total. The van der Waals surface area contributed by atoms with Gasteiger partial charge in [-0.1, -0.05) is 76.8 Å². The van der Waals surface area contributed by atoms with E-state index in [1.807, 2.05) is 0 Å². The molecule has 2 aromatic rings. The molecule has 0 aliphatic carbocycles. The highest BCUT2D eigenvalue weighted by Crippen LogP contribution is 2.18. The molecule has 0 aliphatic heterocycles. The van der Waals surface area contributed by atoms with Gasteiger partial charge in [-0.25, -0.2) is 14.8 Å². The minimum absolute atomic E-state index is 0.250. The van der Waals surface area contributed by atoms with Gasteiger partial charge in [-0.3, -0.25) is 0 Å². The van der Waals surface area contributed by atoms with Gasteiger partial charge in [0.15, 0.2) is 11.6 Å². The van der Waals surface area contributed by atoms with Gasteiger partial charge in [0.05, 0.1) is 24.6 Å². The highest BCUT2D eigenvalue weighted by molar-refractivity contribution is 5.88. The van der Waals surface area contributed by atoms with Crippen molar-refractivity contribution in [1.82, 2.24) is 9.97 Å². The van der Waals surface area contributed by atoms with E-state index in [-0.39, 0.29) is 5.56 Å². The van der Waals surface area contributed by atoms with Crippen molar-refractivity contribution < 1.29 is 14.6 Å². The van der Waals surface area contributed by atoms with Gasteiger partial charge in [-0.2, -0.15) is 0 Å². The van der Waals surface area contributed by atoms with Crippen LogP contribution in [0, 0.1) is 0 Å². The average molecular weight is 385 g/mol. The zero-order chi connectivity index (χ0) is 20.0. The van der Waals surface area contributed by atoms with Crippen molar-refractivity contribution in [3.05, 3.63) is 42.2 Å². The lowest BCUT2D eigenvalue weighted by Gasteiger charge is -2.07. The maximum Gasteiger partial charge on any atom is 0.335 e. The predicted octanol–water partition coefficient (Wildman–Crippen LogP) is 6.14. The molecule has 0 aliphatic rings. The maximum atomic E-state index is 10.9. The number of rotatable bonds is 14. The molecule has 0 fully saturated rings. The van der Waals surface area contributed by atoms with Crippen molar-refractivity contribution in [3.8, 4) is 17.1 Å². The molecule has 152 valence electrons. The van der Waals surface area contributed by atoms with Gasteiger partial charge in [0.1, 0.15) is 0 Å². The number of hydrogen-bond donors (Lipinski definition) is 1. The number of carboxylic acid groups (broad SMARTS) is 1. The van der Waals surface area contributed by atoms with Crippen LogP contribution in [0.2, 0.25) is 0 Å². The Morgan fingerprint density at radius 1 is 0.857 bits per heavy atom. The van der Waals surface area contributed by atoms with Gasteiger partial charge < -0.3 is 9.84 Å². The number of carboxylic acids is 1. The summed E-state index contributed by atoms with van der Waals surface area (Å²) in [5.74, 6) is 0.285. The van der Waals surface area contributed by atoms with Crippen molar-refractivity contribution >= 4 is 5.97 Å². The quantitative estimate of drug-likeness (QED) is 0.396. The van der Waals surface area contributed by atoms with E-state index in [2.05, 4.69) is 16.9 Å². The second-order valence-electron chi connectivity index (χ2n) is 7.16. The Morgan fingerprint density at radius 3 is 1.93 bits per heavy atom. The van der Waals surface area contributed by atoms with E-state index in [0.29, 0.717) is 18.2 Å². The van der Waals surface area contributed by atoms with Crippen LogP contribution in [0.4, 0.5) is 0 Å². The SMILES string of the molecule is CCCCCCCCCCCCOc1cnc(-c2ccc(C(=O)O)cc2)nc1. The zero-order valence-electron chi connectivity index (χ0n) is 16.9. The van der Waals surface area contributed by atoms with Crippen LogP contribution in [0.1, 0.15) is 81.5 Å². The third kappa shape index (κ3) is 8.07. The Kier molecular flexibility index (Phi) is 10.0. The number of nitrogens with zero attached hydrogens (tertiary/aromatic N) is 2. The molecule has 1 aromatic heterocycles.